The van der Waals surface area contributed by atoms with Crippen molar-refractivity contribution in [3.8, 4) is 0 Å². The maximum Gasteiger partial charge on any atom is 0.337 e. The molecule has 0 bridgehead atoms. The molecule has 0 fully saturated rings. The van der Waals surface area contributed by atoms with Gasteiger partial charge in [0.2, 0.25) is 10.0 Å². The van der Waals surface area contributed by atoms with E-state index in [1.165, 1.54) is 12.1 Å². The van der Waals surface area contributed by atoms with Gasteiger partial charge in [-0.1, -0.05) is 0 Å². The zero-order valence-corrected chi connectivity index (χ0v) is 11.2. The Morgan fingerprint density at radius 2 is 1.89 bits per heavy atom. The molecule has 6 nitrogen and oxygen atoms in total. The molecule has 0 spiro atoms. The van der Waals surface area contributed by atoms with Crippen LogP contribution in [0.15, 0.2) is 23.1 Å². The second kappa shape index (κ2) is 4.58. The van der Waals surface area contributed by atoms with Crippen molar-refractivity contribution in [2.75, 3.05) is 5.32 Å². The third-order valence-corrected chi connectivity index (χ3v) is 2.97. The third-order valence-electron chi connectivity index (χ3n) is 2.06. The van der Waals surface area contributed by atoms with Gasteiger partial charge in [-0.2, -0.15) is 0 Å². The average Bonchev–Trinajstić information content (AvgIpc) is 2.13. The van der Waals surface area contributed by atoms with Gasteiger partial charge in [-0.15, -0.1) is 0 Å². The molecular formula is C11H16N2O4S. The van der Waals surface area contributed by atoms with Crippen LogP contribution < -0.4 is 10.5 Å². The molecule has 0 aromatic heterocycles. The first-order valence-electron chi connectivity index (χ1n) is 5.19. The van der Waals surface area contributed by atoms with Crippen LogP contribution in [-0.2, 0) is 10.0 Å². The molecule has 18 heavy (non-hydrogen) atoms. The van der Waals surface area contributed by atoms with Gasteiger partial charge in [0, 0.05) is 11.2 Å². The fourth-order valence-corrected chi connectivity index (χ4v) is 1.93. The minimum atomic E-state index is -3.91. The van der Waals surface area contributed by atoms with Gasteiger partial charge < -0.3 is 10.4 Å². The maximum absolute atomic E-state index is 11.2. The molecule has 100 valence electrons. The average molecular weight is 272 g/mol. The largest absolute Gasteiger partial charge is 0.478 e. The van der Waals surface area contributed by atoms with Crippen LogP contribution in [-0.4, -0.2) is 25.0 Å². The van der Waals surface area contributed by atoms with Crippen molar-refractivity contribution in [1.82, 2.24) is 0 Å². The number of rotatable bonds is 3. The predicted molar refractivity (Wildman–Crippen MR) is 68.2 cm³/mol. The van der Waals surface area contributed by atoms with Crippen molar-refractivity contribution in [3.63, 3.8) is 0 Å². The molecule has 0 aliphatic carbocycles. The van der Waals surface area contributed by atoms with E-state index in [2.05, 4.69) is 5.32 Å². The van der Waals surface area contributed by atoms with Crippen molar-refractivity contribution in [2.24, 2.45) is 5.14 Å². The van der Waals surface area contributed by atoms with Crippen molar-refractivity contribution in [1.29, 1.82) is 0 Å². The predicted octanol–water partition coefficient (Wildman–Crippen LogP) is 1.24. The summed E-state index contributed by atoms with van der Waals surface area (Å²) in [6.45, 7) is 5.60. The first-order valence-corrected chi connectivity index (χ1v) is 6.74. The Morgan fingerprint density at radius 3 is 2.28 bits per heavy atom. The van der Waals surface area contributed by atoms with Gasteiger partial charge in [0.1, 0.15) is 0 Å². The number of aromatic carboxylic acids is 1. The number of benzene rings is 1. The van der Waals surface area contributed by atoms with Crippen LogP contribution in [0, 0.1) is 0 Å². The molecule has 1 aromatic rings. The molecule has 0 aliphatic heterocycles. The van der Waals surface area contributed by atoms with Crippen LogP contribution in [0.25, 0.3) is 0 Å². The topological polar surface area (TPSA) is 109 Å². The van der Waals surface area contributed by atoms with E-state index < -0.39 is 16.0 Å². The van der Waals surface area contributed by atoms with Crippen molar-refractivity contribution >= 4 is 21.7 Å². The van der Waals surface area contributed by atoms with Crippen molar-refractivity contribution in [2.45, 2.75) is 31.2 Å². The molecular weight excluding hydrogens is 256 g/mol. The molecule has 0 atom stereocenters. The van der Waals surface area contributed by atoms with E-state index in [0.717, 1.165) is 6.07 Å². The lowest BCUT2D eigenvalue weighted by atomic mass is 10.1. The fraction of sp³-hybridized carbons (Fsp3) is 0.364. The summed E-state index contributed by atoms with van der Waals surface area (Å²) in [4.78, 5) is 10.9. The highest BCUT2D eigenvalue weighted by molar-refractivity contribution is 7.89. The lowest BCUT2D eigenvalue weighted by Gasteiger charge is -2.23. The molecule has 0 heterocycles. The fourth-order valence-electron chi connectivity index (χ4n) is 1.39. The Morgan fingerprint density at radius 1 is 1.33 bits per heavy atom. The molecule has 4 N–H and O–H groups in total. The first kappa shape index (κ1) is 14.5. The van der Waals surface area contributed by atoms with Crippen LogP contribution >= 0.6 is 0 Å². The molecule has 0 unspecified atom stereocenters. The zero-order valence-electron chi connectivity index (χ0n) is 10.4. The molecule has 0 saturated heterocycles. The van der Waals surface area contributed by atoms with Gasteiger partial charge in [-0.05, 0) is 39.0 Å². The van der Waals surface area contributed by atoms with Crippen LogP contribution in [0.4, 0.5) is 5.69 Å². The van der Waals surface area contributed by atoms with E-state index in [9.17, 15) is 13.2 Å². The monoisotopic (exact) mass is 272 g/mol. The van der Waals surface area contributed by atoms with Gasteiger partial charge in [0.25, 0.3) is 0 Å². The van der Waals surface area contributed by atoms with Gasteiger partial charge in [-0.25, -0.2) is 18.4 Å². The molecule has 7 heteroatoms. The smallest absolute Gasteiger partial charge is 0.337 e. The maximum atomic E-state index is 11.2. The second-order valence-electron chi connectivity index (χ2n) is 4.93. The summed E-state index contributed by atoms with van der Waals surface area (Å²) >= 11 is 0. The number of carbonyl (C=O) groups is 1. The Kier molecular flexibility index (Phi) is 3.68. The third kappa shape index (κ3) is 3.71. The minimum absolute atomic E-state index is 0.128. The van der Waals surface area contributed by atoms with Crippen molar-refractivity contribution < 1.29 is 18.3 Å². The quantitative estimate of drug-likeness (QED) is 0.767. The number of hydrogen-bond donors (Lipinski definition) is 3. The molecule has 0 aliphatic rings. The highest BCUT2D eigenvalue weighted by atomic mass is 32.2. The number of anilines is 1. The van der Waals surface area contributed by atoms with Crippen LogP contribution in [0.2, 0.25) is 0 Å². The second-order valence-corrected chi connectivity index (χ2v) is 6.49. The van der Waals surface area contributed by atoms with Crippen LogP contribution in [0.3, 0.4) is 0 Å². The highest BCUT2D eigenvalue weighted by Crippen LogP contribution is 2.23. The summed E-state index contributed by atoms with van der Waals surface area (Å²) < 4.78 is 22.3. The van der Waals surface area contributed by atoms with Gasteiger partial charge in [-0.3, -0.25) is 0 Å². The molecule has 0 radical (unpaired) electrons. The van der Waals surface area contributed by atoms with Gasteiger partial charge in [0.05, 0.1) is 10.5 Å². The van der Waals surface area contributed by atoms with Crippen molar-refractivity contribution in [3.05, 3.63) is 23.8 Å². The Bertz CT molecular complexity index is 573. The van der Waals surface area contributed by atoms with Gasteiger partial charge >= 0.3 is 5.97 Å². The summed E-state index contributed by atoms with van der Waals surface area (Å²) in [5.74, 6) is -1.22. The summed E-state index contributed by atoms with van der Waals surface area (Å²) in [5, 5.41) is 17.0. The van der Waals surface area contributed by atoms with E-state index in [0.29, 0.717) is 5.69 Å². The summed E-state index contributed by atoms with van der Waals surface area (Å²) in [6, 6.07) is 3.72. The lowest BCUT2D eigenvalue weighted by molar-refractivity contribution is 0.0697. The van der Waals surface area contributed by atoms with E-state index in [1.807, 2.05) is 20.8 Å². The Hall–Kier alpha value is -1.60. The first-order chi connectivity index (χ1) is 8.00. The van der Waals surface area contributed by atoms with Crippen LogP contribution in [0.1, 0.15) is 31.1 Å². The van der Waals surface area contributed by atoms with E-state index in [4.69, 9.17) is 10.2 Å². The summed E-state index contributed by atoms with van der Waals surface area (Å²) in [5.41, 5.74) is -0.119. The number of carboxylic acid groups (broad SMARTS) is 1. The Balaban J connectivity index is 3.35. The zero-order chi connectivity index (χ0) is 14.1. The summed E-state index contributed by atoms with van der Waals surface area (Å²) in [7, 11) is -3.91. The van der Waals surface area contributed by atoms with Crippen LogP contribution in [0.5, 0.6) is 0 Å². The normalized spacial score (nSPS) is 12.2. The van der Waals surface area contributed by atoms with E-state index >= 15 is 0 Å². The molecule has 0 amide bonds. The standard InChI is InChI=1S/C11H16N2O4S/c1-11(2,3)13-9-5-4-7(18(12,16)17)6-8(9)10(14)15/h4-6,13H,1-3H3,(H,14,15)(H2,12,16,17). The number of hydrogen-bond acceptors (Lipinski definition) is 4. The number of nitrogens with two attached hydrogens (primary N) is 1. The molecule has 1 rings (SSSR count). The Labute approximate surface area is 106 Å². The number of sulfonamides is 1. The molecule has 0 saturated carbocycles. The number of nitrogens with one attached hydrogen (secondary N) is 1. The SMILES string of the molecule is CC(C)(C)Nc1ccc(S(N)(=O)=O)cc1C(=O)O. The number of carboxylic acids is 1. The van der Waals surface area contributed by atoms with E-state index in [-0.39, 0.29) is 16.0 Å². The van der Waals surface area contributed by atoms with E-state index in [1.54, 1.807) is 0 Å². The number of primary sulfonamides is 1. The molecule has 1 aromatic carbocycles. The summed E-state index contributed by atoms with van der Waals surface area (Å²) in [6.07, 6.45) is 0. The highest BCUT2D eigenvalue weighted by Gasteiger charge is 2.19. The lowest BCUT2D eigenvalue weighted by Crippen LogP contribution is -2.27. The minimum Gasteiger partial charge on any atom is -0.478 e. The van der Waals surface area contributed by atoms with Gasteiger partial charge in [0.15, 0.2) is 0 Å².